The van der Waals surface area contributed by atoms with Gasteiger partial charge in [-0.3, -0.25) is 4.90 Å². The van der Waals surface area contributed by atoms with Gasteiger partial charge in [0.15, 0.2) is 0 Å². The zero-order chi connectivity index (χ0) is 14.8. The number of fused-ring (bicyclic) bond motifs is 1. The summed E-state index contributed by atoms with van der Waals surface area (Å²) >= 11 is 0. The summed E-state index contributed by atoms with van der Waals surface area (Å²) in [7, 11) is 0. The number of halogens is 1. The maximum Gasteiger partial charge on any atom is 0.127 e. The highest BCUT2D eigenvalue weighted by Crippen LogP contribution is 2.23. The number of nitrogen functional groups attached to an aromatic ring is 1. The summed E-state index contributed by atoms with van der Waals surface area (Å²) in [5.41, 5.74) is 10.2. The molecular weight excluding hydrogens is 265 g/mol. The third-order valence-corrected chi connectivity index (χ3v) is 3.89. The van der Waals surface area contributed by atoms with Gasteiger partial charge in [0, 0.05) is 30.9 Å². The lowest BCUT2D eigenvalue weighted by molar-refractivity contribution is 0.242. The van der Waals surface area contributed by atoms with Crippen LogP contribution in [0.1, 0.15) is 22.3 Å². The largest absolute Gasteiger partial charge is 0.399 e. The maximum absolute atomic E-state index is 13.9. The molecule has 0 bridgehead atoms. The molecule has 106 valence electrons. The predicted octanol–water partition coefficient (Wildman–Crippen LogP) is 2.84. The van der Waals surface area contributed by atoms with Crippen molar-refractivity contribution in [3.8, 4) is 6.07 Å². The van der Waals surface area contributed by atoms with Crippen LogP contribution in [0.3, 0.4) is 0 Å². The van der Waals surface area contributed by atoms with Crippen LogP contribution in [-0.2, 0) is 19.5 Å². The second-order valence-electron chi connectivity index (χ2n) is 5.41. The molecule has 0 aliphatic carbocycles. The standard InChI is InChI=1S/C17H16FN3/c18-17-4-1-12(9-19)7-15(17)11-21-6-5-13-2-3-16(20)8-14(13)10-21/h1-4,7-8H,5-6,10-11,20H2. The van der Waals surface area contributed by atoms with Crippen LogP contribution in [0, 0.1) is 17.1 Å². The summed E-state index contributed by atoms with van der Waals surface area (Å²) in [6.45, 7) is 2.15. The van der Waals surface area contributed by atoms with E-state index in [1.165, 1.54) is 23.3 Å². The van der Waals surface area contributed by atoms with Gasteiger partial charge in [0.1, 0.15) is 5.82 Å². The van der Waals surface area contributed by atoms with E-state index >= 15 is 0 Å². The molecule has 2 aromatic rings. The molecule has 21 heavy (non-hydrogen) atoms. The third kappa shape index (κ3) is 2.88. The van der Waals surface area contributed by atoms with Crippen LogP contribution in [0.15, 0.2) is 36.4 Å². The van der Waals surface area contributed by atoms with Crippen molar-refractivity contribution in [3.05, 3.63) is 64.5 Å². The summed E-state index contributed by atoms with van der Waals surface area (Å²) in [4.78, 5) is 2.18. The van der Waals surface area contributed by atoms with Crippen molar-refractivity contribution in [3.63, 3.8) is 0 Å². The average Bonchev–Trinajstić information content (AvgIpc) is 2.49. The molecule has 1 aliphatic heterocycles. The Bertz CT molecular complexity index is 718. The number of benzene rings is 2. The molecule has 2 N–H and O–H groups in total. The van der Waals surface area contributed by atoms with E-state index in [0.29, 0.717) is 17.7 Å². The molecule has 4 heteroatoms. The SMILES string of the molecule is N#Cc1ccc(F)c(CN2CCc3ccc(N)cc3C2)c1. The van der Waals surface area contributed by atoms with Gasteiger partial charge in [-0.2, -0.15) is 5.26 Å². The van der Waals surface area contributed by atoms with E-state index in [2.05, 4.69) is 17.0 Å². The number of hydrogen-bond acceptors (Lipinski definition) is 3. The fourth-order valence-electron chi connectivity index (χ4n) is 2.78. The Morgan fingerprint density at radius 3 is 2.86 bits per heavy atom. The third-order valence-electron chi connectivity index (χ3n) is 3.89. The number of nitriles is 1. The van der Waals surface area contributed by atoms with Crippen molar-refractivity contribution in [1.29, 1.82) is 5.26 Å². The van der Waals surface area contributed by atoms with Gasteiger partial charge in [0.25, 0.3) is 0 Å². The number of nitrogens with two attached hydrogens (primary N) is 1. The summed E-state index contributed by atoms with van der Waals surface area (Å²) in [5.74, 6) is -0.257. The van der Waals surface area contributed by atoms with Crippen LogP contribution in [0.5, 0.6) is 0 Å². The maximum atomic E-state index is 13.9. The molecule has 2 aromatic carbocycles. The fourth-order valence-corrected chi connectivity index (χ4v) is 2.78. The highest BCUT2D eigenvalue weighted by atomic mass is 19.1. The van der Waals surface area contributed by atoms with Crippen LogP contribution < -0.4 is 5.73 Å². The van der Waals surface area contributed by atoms with Crippen LogP contribution >= 0.6 is 0 Å². The average molecular weight is 281 g/mol. The minimum absolute atomic E-state index is 0.257. The Hall–Kier alpha value is -2.38. The molecule has 0 amide bonds. The van der Waals surface area contributed by atoms with Crippen molar-refractivity contribution in [2.24, 2.45) is 0 Å². The van der Waals surface area contributed by atoms with E-state index in [4.69, 9.17) is 11.0 Å². The van der Waals surface area contributed by atoms with Gasteiger partial charge in [-0.15, -0.1) is 0 Å². The second-order valence-corrected chi connectivity index (χ2v) is 5.41. The smallest absolute Gasteiger partial charge is 0.127 e. The molecule has 0 saturated carbocycles. The zero-order valence-electron chi connectivity index (χ0n) is 11.6. The first-order valence-electron chi connectivity index (χ1n) is 6.94. The number of anilines is 1. The van der Waals surface area contributed by atoms with Crippen molar-refractivity contribution in [1.82, 2.24) is 4.90 Å². The first-order chi connectivity index (χ1) is 10.2. The van der Waals surface area contributed by atoms with Gasteiger partial charge in [-0.1, -0.05) is 6.07 Å². The summed E-state index contributed by atoms with van der Waals surface area (Å²) < 4.78 is 13.9. The molecular formula is C17H16FN3. The molecule has 0 aromatic heterocycles. The van der Waals surface area contributed by atoms with Crippen molar-refractivity contribution in [2.45, 2.75) is 19.5 Å². The minimum Gasteiger partial charge on any atom is -0.399 e. The predicted molar refractivity (Wildman–Crippen MR) is 79.8 cm³/mol. The summed E-state index contributed by atoms with van der Waals surface area (Å²) in [5, 5.41) is 8.92. The molecule has 0 saturated heterocycles. The highest BCUT2D eigenvalue weighted by Gasteiger charge is 2.17. The van der Waals surface area contributed by atoms with Crippen LogP contribution in [0.25, 0.3) is 0 Å². The molecule has 0 spiro atoms. The number of hydrogen-bond donors (Lipinski definition) is 1. The first kappa shape index (κ1) is 13.6. The molecule has 3 nitrogen and oxygen atoms in total. The Morgan fingerprint density at radius 1 is 1.19 bits per heavy atom. The Morgan fingerprint density at radius 2 is 2.05 bits per heavy atom. The second kappa shape index (κ2) is 5.55. The van der Waals surface area contributed by atoms with Crippen molar-refractivity contribution < 1.29 is 4.39 Å². The molecule has 0 radical (unpaired) electrons. The molecule has 1 aliphatic rings. The minimum atomic E-state index is -0.257. The Labute approximate surface area is 123 Å². The van der Waals surface area contributed by atoms with Crippen molar-refractivity contribution in [2.75, 3.05) is 12.3 Å². The molecule has 1 heterocycles. The Balaban J connectivity index is 1.80. The van der Waals surface area contributed by atoms with Gasteiger partial charge >= 0.3 is 0 Å². The topological polar surface area (TPSA) is 53.0 Å². The lowest BCUT2D eigenvalue weighted by atomic mass is 9.98. The van der Waals surface area contributed by atoms with Gasteiger partial charge in [0.05, 0.1) is 11.6 Å². The molecule has 0 fully saturated rings. The van der Waals surface area contributed by atoms with E-state index in [9.17, 15) is 4.39 Å². The fraction of sp³-hybridized carbons (Fsp3) is 0.235. The highest BCUT2D eigenvalue weighted by molar-refractivity contribution is 5.45. The van der Waals surface area contributed by atoms with E-state index < -0.39 is 0 Å². The van der Waals surface area contributed by atoms with Crippen molar-refractivity contribution >= 4 is 5.69 Å². The molecule has 0 atom stereocenters. The van der Waals surface area contributed by atoms with Gasteiger partial charge in [0.2, 0.25) is 0 Å². The van der Waals surface area contributed by atoms with Crippen LogP contribution in [0.4, 0.5) is 10.1 Å². The number of nitrogens with zero attached hydrogens (tertiary/aromatic N) is 2. The monoisotopic (exact) mass is 281 g/mol. The zero-order valence-corrected chi connectivity index (χ0v) is 11.6. The molecule has 0 unspecified atom stereocenters. The quantitative estimate of drug-likeness (QED) is 0.861. The van der Waals surface area contributed by atoms with E-state index in [1.54, 1.807) is 6.07 Å². The normalized spacial score (nSPS) is 14.5. The lowest BCUT2D eigenvalue weighted by Gasteiger charge is -2.29. The lowest BCUT2D eigenvalue weighted by Crippen LogP contribution is -2.30. The van der Waals surface area contributed by atoms with Crippen LogP contribution in [0.2, 0.25) is 0 Å². The molecule has 3 rings (SSSR count). The van der Waals surface area contributed by atoms with E-state index in [1.807, 2.05) is 12.1 Å². The van der Waals surface area contributed by atoms with E-state index in [0.717, 1.165) is 25.2 Å². The van der Waals surface area contributed by atoms with Gasteiger partial charge < -0.3 is 5.73 Å². The van der Waals surface area contributed by atoms with Gasteiger partial charge in [-0.25, -0.2) is 4.39 Å². The van der Waals surface area contributed by atoms with E-state index in [-0.39, 0.29) is 5.82 Å². The summed E-state index contributed by atoms with van der Waals surface area (Å²) in [6, 6.07) is 12.5. The first-order valence-corrected chi connectivity index (χ1v) is 6.94. The van der Waals surface area contributed by atoms with Crippen LogP contribution in [-0.4, -0.2) is 11.4 Å². The summed E-state index contributed by atoms with van der Waals surface area (Å²) in [6.07, 6.45) is 0.940. The van der Waals surface area contributed by atoms with Gasteiger partial charge in [-0.05, 0) is 47.9 Å². The Kier molecular flexibility index (Phi) is 3.59. The number of rotatable bonds is 2.